The van der Waals surface area contributed by atoms with Gasteiger partial charge in [0.2, 0.25) is 0 Å². The van der Waals surface area contributed by atoms with Gasteiger partial charge in [-0.3, -0.25) is 9.58 Å². The van der Waals surface area contributed by atoms with Crippen molar-refractivity contribution in [2.75, 3.05) is 19.7 Å². The number of benzene rings is 2. The maximum atomic E-state index is 13.7. The van der Waals surface area contributed by atoms with E-state index in [0.29, 0.717) is 18.5 Å². The lowest BCUT2D eigenvalue weighted by Gasteiger charge is -2.29. The minimum atomic E-state index is -1.18. The van der Waals surface area contributed by atoms with E-state index >= 15 is 0 Å². The van der Waals surface area contributed by atoms with E-state index < -0.39 is 23.8 Å². The molecule has 2 amide bonds. The first kappa shape index (κ1) is 27.2. The number of hydrogen-bond donors (Lipinski definition) is 1. The number of carbonyl (C=O) groups is 3. The van der Waals surface area contributed by atoms with Crippen molar-refractivity contribution in [2.45, 2.75) is 51.3 Å². The summed E-state index contributed by atoms with van der Waals surface area (Å²) in [5, 5.41) is 13.7. The van der Waals surface area contributed by atoms with Gasteiger partial charge in [-0.1, -0.05) is 48.5 Å². The highest BCUT2D eigenvalue weighted by Crippen LogP contribution is 2.44. The molecule has 0 saturated carbocycles. The summed E-state index contributed by atoms with van der Waals surface area (Å²) in [6.07, 6.45) is 1.08. The molecule has 2 aromatic carbocycles. The van der Waals surface area contributed by atoms with E-state index in [0.717, 1.165) is 22.3 Å². The third-order valence-electron chi connectivity index (χ3n) is 7.27. The molecule has 1 aliphatic heterocycles. The van der Waals surface area contributed by atoms with Crippen LogP contribution in [0.2, 0.25) is 0 Å². The number of rotatable bonds is 6. The van der Waals surface area contributed by atoms with Crippen molar-refractivity contribution in [3.8, 4) is 11.1 Å². The number of aromatic carboxylic acids is 1. The van der Waals surface area contributed by atoms with E-state index in [4.69, 9.17) is 9.47 Å². The number of carboxylic acid groups (broad SMARTS) is 1. The third kappa shape index (κ3) is 5.52. The smallest absolute Gasteiger partial charge is 0.410 e. The molecule has 0 unspecified atom stereocenters. The summed E-state index contributed by atoms with van der Waals surface area (Å²) in [5.74, 6) is -1.29. The Morgan fingerprint density at radius 3 is 2.27 bits per heavy atom. The zero-order chi connectivity index (χ0) is 28.6. The Kier molecular flexibility index (Phi) is 7.27. The number of nitrogens with zero attached hydrogens (tertiary/aromatic N) is 4. The van der Waals surface area contributed by atoms with Crippen molar-refractivity contribution in [3.63, 3.8) is 0 Å². The normalized spacial score (nSPS) is 16.4. The van der Waals surface area contributed by atoms with Crippen LogP contribution in [0.3, 0.4) is 0 Å². The van der Waals surface area contributed by atoms with Gasteiger partial charge >= 0.3 is 18.2 Å². The molecular weight excluding hydrogens is 512 g/mol. The molecule has 1 aromatic heterocycles. The highest BCUT2D eigenvalue weighted by Gasteiger charge is 2.37. The molecule has 0 spiro atoms. The lowest BCUT2D eigenvalue weighted by molar-refractivity contribution is 0.0272. The molecule has 1 atom stereocenters. The summed E-state index contributed by atoms with van der Waals surface area (Å²) in [7, 11) is 1.63. The van der Waals surface area contributed by atoms with Crippen molar-refractivity contribution in [1.82, 2.24) is 19.6 Å². The monoisotopic (exact) mass is 546 g/mol. The van der Waals surface area contributed by atoms with E-state index in [1.165, 1.54) is 9.58 Å². The molecule has 0 bridgehead atoms. The third-order valence-corrected chi connectivity index (χ3v) is 7.27. The first-order valence-electron chi connectivity index (χ1n) is 13.4. The molecule has 3 aromatic rings. The van der Waals surface area contributed by atoms with Gasteiger partial charge in [0.05, 0.1) is 12.6 Å². The molecule has 1 saturated heterocycles. The Morgan fingerprint density at radius 1 is 1.05 bits per heavy atom. The minimum absolute atomic E-state index is 0.0149. The molecule has 5 rings (SSSR count). The van der Waals surface area contributed by atoms with Crippen LogP contribution >= 0.6 is 0 Å². The fraction of sp³-hybridized carbons (Fsp3) is 0.400. The largest absolute Gasteiger partial charge is 0.476 e. The predicted molar refractivity (Wildman–Crippen MR) is 147 cm³/mol. The molecule has 10 nitrogen and oxygen atoms in total. The van der Waals surface area contributed by atoms with Crippen molar-refractivity contribution < 1.29 is 29.0 Å². The number of fused-ring (bicyclic) bond motifs is 3. The van der Waals surface area contributed by atoms with Crippen LogP contribution in [-0.2, 0) is 23.1 Å². The Hall–Kier alpha value is -4.34. The second-order valence-corrected chi connectivity index (χ2v) is 11.3. The molecule has 1 aliphatic carbocycles. The van der Waals surface area contributed by atoms with Gasteiger partial charge in [-0.2, -0.15) is 5.10 Å². The Bertz CT molecular complexity index is 1400. The number of hydrogen-bond acceptors (Lipinski definition) is 6. The van der Waals surface area contributed by atoms with Gasteiger partial charge in [0.1, 0.15) is 12.2 Å². The minimum Gasteiger partial charge on any atom is -0.476 e. The number of likely N-dealkylation sites (tertiary alicyclic amines) is 1. The quantitative estimate of drug-likeness (QED) is 0.469. The lowest BCUT2D eigenvalue weighted by atomic mass is 9.98. The Balaban J connectivity index is 1.37. The van der Waals surface area contributed by atoms with Crippen molar-refractivity contribution in [1.29, 1.82) is 0 Å². The Labute approximate surface area is 233 Å². The average molecular weight is 547 g/mol. The standard InChI is InChI=1S/C30H34N4O6/c1-30(2,3)40-28(37)33-14-13-20(17-33)34(16-19-15-32(4)31-26(19)27(35)36)29(38)39-18-25-23-11-7-5-9-21(23)22-10-6-8-12-24(22)25/h5-12,15,20,25H,13-14,16-18H2,1-4H3,(H,35,36)/t20-/m0/s1. The average Bonchev–Trinajstić information content (AvgIpc) is 3.61. The van der Waals surface area contributed by atoms with Crippen LogP contribution in [0.15, 0.2) is 54.7 Å². The van der Waals surface area contributed by atoms with Crippen LogP contribution in [0.25, 0.3) is 11.1 Å². The molecular formula is C30H34N4O6. The van der Waals surface area contributed by atoms with E-state index in [9.17, 15) is 19.5 Å². The number of aryl methyl sites for hydroxylation is 1. The van der Waals surface area contributed by atoms with Crippen molar-refractivity contribution in [2.24, 2.45) is 7.05 Å². The summed E-state index contributed by atoms with van der Waals surface area (Å²) in [6.45, 7) is 6.18. The number of carboxylic acids is 1. The van der Waals surface area contributed by atoms with Gasteiger partial charge in [0.15, 0.2) is 5.69 Å². The van der Waals surface area contributed by atoms with Crippen LogP contribution in [0.4, 0.5) is 9.59 Å². The van der Waals surface area contributed by atoms with Gasteiger partial charge in [-0.25, -0.2) is 14.4 Å². The highest BCUT2D eigenvalue weighted by atomic mass is 16.6. The van der Waals surface area contributed by atoms with Gasteiger partial charge in [-0.05, 0) is 49.4 Å². The summed E-state index contributed by atoms with van der Waals surface area (Å²) >= 11 is 0. The second-order valence-electron chi connectivity index (χ2n) is 11.3. The number of amides is 2. The second kappa shape index (κ2) is 10.7. The van der Waals surface area contributed by atoms with Gasteiger partial charge in [0.25, 0.3) is 0 Å². The number of ether oxygens (including phenoxy) is 2. The van der Waals surface area contributed by atoms with Crippen LogP contribution in [0.5, 0.6) is 0 Å². The fourth-order valence-electron chi connectivity index (χ4n) is 5.53. The fourth-order valence-corrected chi connectivity index (χ4v) is 5.53. The SMILES string of the molecule is Cn1cc(CN(C(=O)OCC2c3ccccc3-c3ccccc32)[C@H]2CCN(C(=O)OC(C)(C)C)C2)c(C(=O)O)n1. The van der Waals surface area contributed by atoms with Crippen LogP contribution in [-0.4, -0.2) is 74.2 Å². The molecule has 10 heteroatoms. The molecule has 1 N–H and O–H groups in total. The summed E-state index contributed by atoms with van der Waals surface area (Å²) in [6, 6.07) is 15.8. The molecule has 1 fully saturated rings. The molecule has 40 heavy (non-hydrogen) atoms. The summed E-state index contributed by atoms with van der Waals surface area (Å²) < 4.78 is 12.9. The first-order valence-corrected chi connectivity index (χ1v) is 13.4. The zero-order valence-corrected chi connectivity index (χ0v) is 23.2. The maximum Gasteiger partial charge on any atom is 0.410 e. The molecule has 210 valence electrons. The van der Waals surface area contributed by atoms with Crippen LogP contribution in [0, 0.1) is 0 Å². The molecule has 0 radical (unpaired) electrons. The van der Waals surface area contributed by atoms with E-state index in [-0.39, 0.29) is 37.4 Å². The van der Waals surface area contributed by atoms with Crippen LogP contribution < -0.4 is 0 Å². The topological polar surface area (TPSA) is 114 Å². The summed E-state index contributed by atoms with van der Waals surface area (Å²) in [5.41, 5.74) is 4.07. The van der Waals surface area contributed by atoms with Gasteiger partial charge < -0.3 is 19.5 Å². The van der Waals surface area contributed by atoms with Gasteiger partial charge in [0, 0.05) is 37.8 Å². The summed E-state index contributed by atoms with van der Waals surface area (Å²) in [4.78, 5) is 41.3. The van der Waals surface area contributed by atoms with E-state index in [1.54, 1.807) is 38.9 Å². The van der Waals surface area contributed by atoms with Crippen LogP contribution in [0.1, 0.15) is 60.3 Å². The van der Waals surface area contributed by atoms with E-state index in [2.05, 4.69) is 29.4 Å². The highest BCUT2D eigenvalue weighted by molar-refractivity contribution is 5.87. The van der Waals surface area contributed by atoms with Gasteiger partial charge in [-0.15, -0.1) is 0 Å². The maximum absolute atomic E-state index is 13.7. The number of aromatic nitrogens is 2. The Morgan fingerprint density at radius 2 is 1.68 bits per heavy atom. The van der Waals surface area contributed by atoms with E-state index in [1.807, 2.05) is 24.3 Å². The lowest BCUT2D eigenvalue weighted by Crippen LogP contribution is -2.43. The molecule has 2 heterocycles. The first-order chi connectivity index (χ1) is 19.0. The van der Waals surface area contributed by atoms with Crippen molar-refractivity contribution in [3.05, 3.63) is 77.1 Å². The van der Waals surface area contributed by atoms with Crippen molar-refractivity contribution >= 4 is 18.2 Å². The predicted octanol–water partition coefficient (Wildman–Crippen LogP) is 4.88. The number of carbonyl (C=O) groups excluding carboxylic acids is 2. The zero-order valence-electron chi connectivity index (χ0n) is 23.2. The molecule has 2 aliphatic rings.